The summed E-state index contributed by atoms with van der Waals surface area (Å²) < 4.78 is 0. The summed E-state index contributed by atoms with van der Waals surface area (Å²) in [7, 11) is 0. The number of aliphatic hydroxyl groups excluding tert-OH is 1. The van der Waals surface area contributed by atoms with Crippen molar-refractivity contribution in [2.45, 2.75) is 51.3 Å². The molecule has 3 N–H and O–H groups in total. The molecule has 0 spiro atoms. The summed E-state index contributed by atoms with van der Waals surface area (Å²) in [6, 6.07) is -1.66. The number of carbonyl (C=O) groups is 3. The second-order valence-electron chi connectivity index (χ2n) is 4.68. The van der Waals surface area contributed by atoms with Crippen LogP contribution in [-0.2, 0) is 14.4 Å². The minimum atomic E-state index is -1.15. The largest absolute Gasteiger partial charge is 0.480 e. The number of carboxylic acid groups (broad SMARTS) is 1. The van der Waals surface area contributed by atoms with Gasteiger partial charge < -0.3 is 20.4 Å². The smallest absolute Gasteiger partial charge is 0.326 e. The van der Waals surface area contributed by atoms with E-state index in [4.69, 9.17) is 5.11 Å². The Morgan fingerprint density at radius 1 is 1.42 bits per heavy atom. The van der Waals surface area contributed by atoms with E-state index in [2.05, 4.69) is 5.32 Å². The fourth-order valence-corrected chi connectivity index (χ4v) is 2.09. The van der Waals surface area contributed by atoms with E-state index in [-0.39, 0.29) is 6.42 Å². The van der Waals surface area contributed by atoms with E-state index < -0.39 is 36.0 Å². The lowest BCUT2D eigenvalue weighted by Crippen LogP contribution is -2.52. The van der Waals surface area contributed by atoms with E-state index in [1.165, 1.54) is 11.8 Å². The van der Waals surface area contributed by atoms with Crippen molar-refractivity contribution >= 4 is 17.8 Å². The molecule has 1 rings (SSSR count). The minimum Gasteiger partial charge on any atom is -0.480 e. The predicted octanol–water partition coefficient (Wildman–Crippen LogP) is -0.662. The molecule has 0 aromatic heterocycles. The highest BCUT2D eigenvalue weighted by Crippen LogP contribution is 2.18. The number of aliphatic carboxylic acids is 1. The maximum Gasteiger partial charge on any atom is 0.326 e. The van der Waals surface area contributed by atoms with Gasteiger partial charge in [-0.2, -0.15) is 0 Å². The number of aliphatic hydroxyl groups is 1. The van der Waals surface area contributed by atoms with Crippen LogP contribution >= 0.6 is 0 Å². The van der Waals surface area contributed by atoms with Crippen molar-refractivity contribution in [2.24, 2.45) is 0 Å². The van der Waals surface area contributed by atoms with Crippen LogP contribution in [0.15, 0.2) is 0 Å². The van der Waals surface area contributed by atoms with Gasteiger partial charge in [0.05, 0.1) is 0 Å². The lowest BCUT2D eigenvalue weighted by Gasteiger charge is -2.25. The molecule has 7 heteroatoms. The highest BCUT2D eigenvalue weighted by molar-refractivity contribution is 5.91. The molecule has 1 aliphatic rings. The van der Waals surface area contributed by atoms with Gasteiger partial charge in [-0.15, -0.1) is 0 Å². The van der Waals surface area contributed by atoms with E-state index in [1.807, 2.05) is 0 Å². The van der Waals surface area contributed by atoms with Gasteiger partial charge in [0, 0.05) is 6.54 Å². The molecule has 2 amide bonds. The van der Waals surface area contributed by atoms with Crippen LogP contribution in [-0.4, -0.2) is 57.6 Å². The summed E-state index contributed by atoms with van der Waals surface area (Å²) in [6.07, 6.45) is 0.179. The van der Waals surface area contributed by atoms with Crippen LogP contribution in [0.3, 0.4) is 0 Å². The highest BCUT2D eigenvalue weighted by Gasteiger charge is 2.36. The third kappa shape index (κ3) is 3.66. The topological polar surface area (TPSA) is 107 Å². The molecule has 0 saturated carbocycles. The molecular weight excluding hydrogens is 252 g/mol. The highest BCUT2D eigenvalue weighted by atomic mass is 16.4. The Kier molecular flexibility index (Phi) is 5.29. The normalized spacial score (nSPS) is 21.8. The zero-order chi connectivity index (χ0) is 14.6. The summed E-state index contributed by atoms with van der Waals surface area (Å²) in [5.74, 6) is -2.08. The molecule has 1 fully saturated rings. The van der Waals surface area contributed by atoms with Crippen LogP contribution in [0, 0.1) is 0 Å². The van der Waals surface area contributed by atoms with Gasteiger partial charge in [0.15, 0.2) is 0 Å². The summed E-state index contributed by atoms with van der Waals surface area (Å²) in [6.45, 7) is 3.52. The number of hydrogen-bond donors (Lipinski definition) is 3. The molecule has 1 unspecified atom stereocenters. The summed E-state index contributed by atoms with van der Waals surface area (Å²) in [4.78, 5) is 35.8. The van der Waals surface area contributed by atoms with Crippen molar-refractivity contribution in [3.05, 3.63) is 0 Å². The Morgan fingerprint density at radius 3 is 2.58 bits per heavy atom. The number of likely N-dealkylation sites (tertiary alicyclic amines) is 1. The first-order valence-electron chi connectivity index (χ1n) is 6.40. The second kappa shape index (κ2) is 6.51. The van der Waals surface area contributed by atoms with Crippen LogP contribution in [0.1, 0.15) is 33.1 Å². The molecule has 108 valence electrons. The van der Waals surface area contributed by atoms with Gasteiger partial charge in [-0.1, -0.05) is 6.92 Å². The number of nitrogens with zero attached hydrogens (tertiary/aromatic N) is 1. The maximum atomic E-state index is 12.1. The number of nitrogens with one attached hydrogen (secondary N) is 1. The lowest BCUT2D eigenvalue weighted by molar-refractivity contribution is -0.149. The van der Waals surface area contributed by atoms with Crippen LogP contribution in [0.4, 0.5) is 0 Å². The minimum absolute atomic E-state index is 0.258. The van der Waals surface area contributed by atoms with Gasteiger partial charge in [0.2, 0.25) is 11.8 Å². The quantitative estimate of drug-likeness (QED) is 0.616. The van der Waals surface area contributed by atoms with E-state index in [1.54, 1.807) is 6.92 Å². The van der Waals surface area contributed by atoms with Gasteiger partial charge in [-0.05, 0) is 26.2 Å². The third-order valence-electron chi connectivity index (χ3n) is 3.24. The summed E-state index contributed by atoms with van der Waals surface area (Å²) in [5, 5.41) is 20.7. The van der Waals surface area contributed by atoms with Crippen molar-refractivity contribution in [1.29, 1.82) is 0 Å². The molecule has 0 radical (unpaired) electrons. The van der Waals surface area contributed by atoms with Crippen LogP contribution < -0.4 is 5.32 Å². The Balaban J connectivity index is 2.62. The van der Waals surface area contributed by atoms with Gasteiger partial charge in [0.1, 0.15) is 18.2 Å². The van der Waals surface area contributed by atoms with E-state index in [0.29, 0.717) is 19.4 Å². The van der Waals surface area contributed by atoms with E-state index in [9.17, 15) is 19.5 Å². The van der Waals surface area contributed by atoms with Crippen molar-refractivity contribution in [3.63, 3.8) is 0 Å². The zero-order valence-electron chi connectivity index (χ0n) is 11.1. The van der Waals surface area contributed by atoms with Gasteiger partial charge in [0.25, 0.3) is 0 Å². The Hall–Kier alpha value is -1.63. The number of carbonyl (C=O) groups excluding carboxylic acids is 2. The van der Waals surface area contributed by atoms with E-state index >= 15 is 0 Å². The predicted molar refractivity (Wildman–Crippen MR) is 66.3 cm³/mol. The van der Waals surface area contributed by atoms with Crippen molar-refractivity contribution in [1.82, 2.24) is 10.2 Å². The second-order valence-corrected chi connectivity index (χ2v) is 4.68. The average molecular weight is 272 g/mol. The molecule has 1 heterocycles. The van der Waals surface area contributed by atoms with Gasteiger partial charge >= 0.3 is 5.97 Å². The molecular formula is C12H20N2O5. The molecule has 19 heavy (non-hydrogen) atoms. The molecule has 0 aliphatic carbocycles. The fraction of sp³-hybridized carbons (Fsp3) is 0.750. The van der Waals surface area contributed by atoms with Crippen molar-refractivity contribution < 1.29 is 24.6 Å². The molecule has 0 aromatic carbocycles. The van der Waals surface area contributed by atoms with E-state index in [0.717, 1.165) is 0 Å². The molecule has 0 aromatic rings. The Morgan fingerprint density at radius 2 is 2.05 bits per heavy atom. The fourth-order valence-electron chi connectivity index (χ4n) is 2.09. The monoisotopic (exact) mass is 272 g/mol. The first kappa shape index (κ1) is 15.4. The first-order chi connectivity index (χ1) is 8.88. The molecule has 0 bridgehead atoms. The van der Waals surface area contributed by atoms with Crippen LogP contribution in [0.25, 0.3) is 0 Å². The van der Waals surface area contributed by atoms with Gasteiger partial charge in [-0.25, -0.2) is 4.79 Å². The summed E-state index contributed by atoms with van der Waals surface area (Å²) in [5.41, 5.74) is 0. The number of amides is 2. The van der Waals surface area contributed by atoms with Crippen molar-refractivity contribution in [3.8, 4) is 0 Å². The van der Waals surface area contributed by atoms with Crippen molar-refractivity contribution in [2.75, 3.05) is 6.54 Å². The molecule has 3 atom stereocenters. The third-order valence-corrected chi connectivity index (χ3v) is 3.24. The Bertz CT molecular complexity index is 371. The lowest BCUT2D eigenvalue weighted by atomic mass is 10.2. The summed E-state index contributed by atoms with van der Waals surface area (Å²) >= 11 is 0. The van der Waals surface area contributed by atoms with Crippen LogP contribution in [0.2, 0.25) is 0 Å². The SMILES string of the molecule is CCC(O)C(=O)N[C@@H](C)C(=O)N1CCC[C@H]1C(=O)O. The number of rotatable bonds is 5. The number of hydrogen-bond acceptors (Lipinski definition) is 4. The maximum absolute atomic E-state index is 12.1. The van der Waals surface area contributed by atoms with Crippen LogP contribution in [0.5, 0.6) is 0 Å². The standard InChI is InChI=1S/C12H20N2O5/c1-3-9(15)10(16)13-7(2)11(17)14-6-4-5-8(14)12(18)19/h7-9,15H,3-6H2,1-2H3,(H,13,16)(H,18,19)/t7-,8-,9?/m0/s1. The zero-order valence-corrected chi connectivity index (χ0v) is 11.1. The Labute approximate surface area is 111 Å². The molecule has 7 nitrogen and oxygen atoms in total. The first-order valence-corrected chi connectivity index (χ1v) is 6.40. The number of carboxylic acids is 1. The molecule has 1 aliphatic heterocycles. The average Bonchev–Trinajstić information content (AvgIpc) is 2.85. The molecule has 1 saturated heterocycles. The van der Waals surface area contributed by atoms with Gasteiger partial charge in [-0.3, -0.25) is 9.59 Å².